The molecule has 7 heteroatoms. The van der Waals surface area contributed by atoms with Gasteiger partial charge < -0.3 is 24.9 Å². The van der Waals surface area contributed by atoms with Crippen molar-refractivity contribution in [3.63, 3.8) is 0 Å². The molecule has 30 heavy (non-hydrogen) atoms. The normalized spacial score (nSPS) is 21.1. The molecule has 1 saturated heterocycles. The third-order valence-corrected chi connectivity index (χ3v) is 5.48. The molecule has 0 radical (unpaired) electrons. The Morgan fingerprint density at radius 2 is 1.67 bits per heavy atom. The third-order valence-electron chi connectivity index (χ3n) is 5.48. The molecule has 2 aromatic rings. The van der Waals surface area contributed by atoms with Gasteiger partial charge in [0.2, 0.25) is 0 Å². The number of hydrogen-bond acceptors (Lipinski definition) is 3. The van der Waals surface area contributed by atoms with Gasteiger partial charge in [-0.25, -0.2) is 0 Å². The maximum atomic E-state index is 12.6. The van der Waals surface area contributed by atoms with E-state index in [2.05, 4.69) is 10.6 Å². The van der Waals surface area contributed by atoms with Crippen LogP contribution in [0.5, 0.6) is 0 Å². The van der Waals surface area contributed by atoms with Gasteiger partial charge >= 0.3 is 0 Å². The van der Waals surface area contributed by atoms with E-state index >= 15 is 0 Å². The summed E-state index contributed by atoms with van der Waals surface area (Å²) < 4.78 is 5.86. The number of fused-ring (bicyclic) bond motifs is 1. The summed E-state index contributed by atoms with van der Waals surface area (Å²) in [5.41, 5.74) is 0.638. The van der Waals surface area contributed by atoms with Gasteiger partial charge in [-0.15, -0.1) is 0 Å². The summed E-state index contributed by atoms with van der Waals surface area (Å²) in [4.78, 5) is 27.4. The number of amides is 2. The van der Waals surface area contributed by atoms with E-state index in [1.807, 2.05) is 58.0 Å². The Morgan fingerprint density at radius 1 is 1.03 bits per heavy atom. The summed E-state index contributed by atoms with van der Waals surface area (Å²) in [6.45, 7) is 12.6. The van der Waals surface area contributed by atoms with Crippen LogP contribution in [-0.2, 0) is 9.59 Å². The molecular weight excluding hydrogens is 380 g/mol. The monoisotopic (exact) mass is 416 g/mol. The number of para-hydroxylation sites is 1. The average molecular weight is 417 g/mol. The minimum atomic E-state index is -0.200. The zero-order valence-electron chi connectivity index (χ0n) is 18.6. The fourth-order valence-electron chi connectivity index (χ4n) is 4.04. The van der Waals surface area contributed by atoms with Gasteiger partial charge in [-0.3, -0.25) is 9.59 Å². The van der Waals surface area contributed by atoms with E-state index in [0.717, 1.165) is 49.3 Å². The molecule has 0 bridgehead atoms. The molecule has 0 saturated carbocycles. The maximum Gasteiger partial charge on any atom is 0.275 e. The second-order valence-corrected chi connectivity index (χ2v) is 9.48. The molecular formula is C23H36N4O3+2. The average Bonchev–Trinajstić information content (AvgIpc) is 2.97. The van der Waals surface area contributed by atoms with Crippen LogP contribution >= 0.6 is 0 Å². The SMILES string of the molecule is C[C@H](NC(=O)C[NH+]1CCC[NH+](CC(=O)NC(C)(C)C)CC1)c1cc2ccccc2o1. The lowest BCUT2D eigenvalue weighted by molar-refractivity contribution is -0.930. The topological polar surface area (TPSA) is 80.2 Å². The van der Waals surface area contributed by atoms with Gasteiger partial charge in [0.15, 0.2) is 13.1 Å². The van der Waals surface area contributed by atoms with E-state index in [1.165, 1.54) is 9.80 Å². The molecule has 4 N–H and O–H groups in total. The van der Waals surface area contributed by atoms with Gasteiger partial charge in [-0.1, -0.05) is 18.2 Å². The van der Waals surface area contributed by atoms with E-state index in [-0.39, 0.29) is 23.4 Å². The van der Waals surface area contributed by atoms with Crippen LogP contribution in [0.2, 0.25) is 0 Å². The Morgan fingerprint density at radius 3 is 2.30 bits per heavy atom. The molecule has 1 aliphatic rings. The highest BCUT2D eigenvalue weighted by molar-refractivity contribution is 5.79. The summed E-state index contributed by atoms with van der Waals surface area (Å²) in [6.07, 6.45) is 1.01. The van der Waals surface area contributed by atoms with Crippen LogP contribution in [-0.4, -0.2) is 56.6 Å². The number of carbonyl (C=O) groups is 2. The number of benzene rings is 1. The summed E-state index contributed by atoms with van der Waals surface area (Å²) in [6, 6.07) is 9.69. The summed E-state index contributed by atoms with van der Waals surface area (Å²) in [5.74, 6) is 0.904. The van der Waals surface area contributed by atoms with E-state index < -0.39 is 0 Å². The highest BCUT2D eigenvalue weighted by atomic mass is 16.3. The standard InChI is InChI=1S/C23H34N4O3/c1-17(20-14-18-8-5-6-9-19(18)30-20)24-21(28)15-26-10-7-11-27(13-12-26)16-22(29)25-23(2,3)4/h5-6,8-9,14,17H,7,10-13,15-16H2,1-4H3,(H,24,28)(H,25,29)/p+2/t17-/m0/s1. The van der Waals surface area contributed by atoms with Crippen LogP contribution in [0.25, 0.3) is 11.0 Å². The number of furan rings is 1. The third kappa shape index (κ3) is 6.57. The highest BCUT2D eigenvalue weighted by Gasteiger charge is 2.26. The number of carbonyl (C=O) groups excluding carboxylic acids is 2. The number of nitrogens with one attached hydrogen (secondary N) is 4. The predicted octanol–water partition coefficient (Wildman–Crippen LogP) is -0.302. The van der Waals surface area contributed by atoms with Crippen LogP contribution in [0.3, 0.4) is 0 Å². The first-order valence-electron chi connectivity index (χ1n) is 11.0. The molecule has 0 aliphatic carbocycles. The zero-order valence-corrected chi connectivity index (χ0v) is 18.6. The van der Waals surface area contributed by atoms with E-state index in [0.29, 0.717) is 13.1 Å². The minimum absolute atomic E-state index is 0.0341. The Kier molecular flexibility index (Phi) is 7.15. The fourth-order valence-corrected chi connectivity index (χ4v) is 4.04. The Hall–Kier alpha value is -2.38. The van der Waals surface area contributed by atoms with Gasteiger partial charge in [-0.05, 0) is 39.8 Å². The molecule has 2 heterocycles. The summed E-state index contributed by atoms with van der Waals surface area (Å²) >= 11 is 0. The number of quaternary nitrogens is 2. The van der Waals surface area contributed by atoms with Crippen molar-refractivity contribution >= 4 is 22.8 Å². The molecule has 7 nitrogen and oxygen atoms in total. The molecule has 0 spiro atoms. The Labute approximate surface area is 178 Å². The Bertz CT molecular complexity index is 838. The molecule has 1 aromatic carbocycles. The molecule has 164 valence electrons. The van der Waals surface area contributed by atoms with Gasteiger partial charge in [-0.2, -0.15) is 0 Å². The van der Waals surface area contributed by atoms with Crippen molar-refractivity contribution in [2.45, 2.75) is 45.7 Å². The largest absolute Gasteiger partial charge is 0.459 e. The summed E-state index contributed by atoms with van der Waals surface area (Å²) in [5, 5.41) is 7.15. The van der Waals surface area contributed by atoms with Crippen molar-refractivity contribution in [1.29, 1.82) is 0 Å². The molecule has 1 aromatic heterocycles. The van der Waals surface area contributed by atoms with Gasteiger partial charge in [0.1, 0.15) is 24.4 Å². The summed E-state index contributed by atoms with van der Waals surface area (Å²) in [7, 11) is 0. The first-order chi connectivity index (χ1) is 14.2. The molecule has 1 aliphatic heterocycles. The van der Waals surface area contributed by atoms with Crippen molar-refractivity contribution in [3.8, 4) is 0 Å². The first-order valence-corrected chi connectivity index (χ1v) is 11.0. The van der Waals surface area contributed by atoms with Crippen LogP contribution in [0.15, 0.2) is 34.7 Å². The van der Waals surface area contributed by atoms with Crippen molar-refractivity contribution in [2.75, 3.05) is 39.3 Å². The predicted molar refractivity (Wildman–Crippen MR) is 116 cm³/mol. The van der Waals surface area contributed by atoms with E-state index in [4.69, 9.17) is 4.42 Å². The van der Waals surface area contributed by atoms with Gasteiger partial charge in [0.25, 0.3) is 11.8 Å². The lowest BCUT2D eigenvalue weighted by Gasteiger charge is -2.22. The maximum absolute atomic E-state index is 12.6. The van der Waals surface area contributed by atoms with Crippen molar-refractivity contribution < 1.29 is 23.8 Å². The number of rotatable bonds is 6. The van der Waals surface area contributed by atoms with Gasteiger partial charge in [0, 0.05) is 17.3 Å². The molecule has 2 amide bonds. The van der Waals surface area contributed by atoms with Crippen molar-refractivity contribution in [3.05, 3.63) is 36.1 Å². The molecule has 1 fully saturated rings. The molecule has 2 unspecified atom stereocenters. The fraction of sp³-hybridized carbons (Fsp3) is 0.565. The zero-order chi connectivity index (χ0) is 21.7. The molecule has 3 atom stereocenters. The second-order valence-electron chi connectivity index (χ2n) is 9.48. The minimum Gasteiger partial charge on any atom is -0.459 e. The van der Waals surface area contributed by atoms with Crippen molar-refractivity contribution in [1.82, 2.24) is 10.6 Å². The lowest BCUT2D eigenvalue weighted by atomic mass is 10.1. The van der Waals surface area contributed by atoms with Crippen LogP contribution < -0.4 is 20.4 Å². The smallest absolute Gasteiger partial charge is 0.275 e. The van der Waals surface area contributed by atoms with E-state index in [1.54, 1.807) is 0 Å². The number of hydrogen-bond donors (Lipinski definition) is 4. The van der Waals surface area contributed by atoms with Crippen LogP contribution in [0.4, 0.5) is 0 Å². The highest BCUT2D eigenvalue weighted by Crippen LogP contribution is 2.23. The van der Waals surface area contributed by atoms with E-state index in [9.17, 15) is 9.59 Å². The van der Waals surface area contributed by atoms with Crippen LogP contribution in [0, 0.1) is 0 Å². The van der Waals surface area contributed by atoms with Gasteiger partial charge in [0.05, 0.1) is 19.1 Å². The second kappa shape index (κ2) is 9.62. The van der Waals surface area contributed by atoms with Crippen molar-refractivity contribution in [2.24, 2.45) is 0 Å². The first kappa shape index (κ1) is 22.3. The molecule has 3 rings (SSSR count). The van der Waals surface area contributed by atoms with Crippen LogP contribution in [0.1, 0.15) is 45.9 Å². The quantitative estimate of drug-likeness (QED) is 0.522. The lowest BCUT2D eigenvalue weighted by Crippen LogP contribution is -3.18. The Balaban J connectivity index is 1.45.